The van der Waals surface area contributed by atoms with Gasteiger partial charge in [-0.2, -0.15) is 0 Å². The molecule has 1 fully saturated rings. The molecule has 0 unspecified atom stereocenters. The summed E-state index contributed by atoms with van der Waals surface area (Å²) < 4.78 is 58.6. The molecule has 2 aromatic carbocycles. The SMILES string of the molecule is CNC(=O)c1c(-c2ccc(F)cc2)oc2cc(CS(=O)(=O)NCCOCCCCCOCC(=O)O)c(C3CC3)cc12. The lowest BCUT2D eigenvalue weighted by atomic mass is 9.98. The second-order valence-corrected chi connectivity index (χ2v) is 11.8. The Morgan fingerprint density at radius 2 is 1.76 bits per heavy atom. The Morgan fingerprint density at radius 3 is 2.41 bits per heavy atom. The number of benzene rings is 2. The molecule has 41 heavy (non-hydrogen) atoms. The van der Waals surface area contributed by atoms with E-state index in [0.717, 1.165) is 37.7 Å². The zero-order valence-corrected chi connectivity index (χ0v) is 23.7. The average Bonchev–Trinajstić information content (AvgIpc) is 3.71. The van der Waals surface area contributed by atoms with Gasteiger partial charge in [0.25, 0.3) is 5.91 Å². The molecule has 0 atom stereocenters. The van der Waals surface area contributed by atoms with Crippen LogP contribution in [0.1, 0.15) is 59.5 Å². The molecule has 0 spiro atoms. The van der Waals surface area contributed by atoms with Gasteiger partial charge in [-0.15, -0.1) is 0 Å². The third-order valence-electron chi connectivity index (χ3n) is 6.74. The number of carboxylic acids is 1. The number of fused-ring (bicyclic) bond motifs is 1. The number of sulfonamides is 1. The van der Waals surface area contributed by atoms with E-state index in [1.54, 1.807) is 6.07 Å². The standard InChI is InChI=1S/C29H35FN2O8S/c1-31-29(35)27-24-16-23(19-5-6-19)21(15-25(24)40-28(27)20-7-9-22(30)10-8-20)18-41(36,37)32-11-14-38-12-3-2-4-13-39-17-26(33)34/h7-10,15-16,19,32H,2-6,11-14,17-18H2,1H3,(H,31,35)(H,33,34). The number of carboxylic acid groups (broad SMARTS) is 1. The summed E-state index contributed by atoms with van der Waals surface area (Å²) in [7, 11) is -2.16. The van der Waals surface area contributed by atoms with Crippen molar-refractivity contribution in [2.24, 2.45) is 0 Å². The van der Waals surface area contributed by atoms with E-state index in [2.05, 4.69) is 10.0 Å². The Bertz CT molecular complexity index is 1470. The Kier molecular flexibility index (Phi) is 10.5. The molecule has 3 N–H and O–H groups in total. The second kappa shape index (κ2) is 14.0. The van der Waals surface area contributed by atoms with Crippen LogP contribution in [0.15, 0.2) is 40.8 Å². The first-order valence-corrected chi connectivity index (χ1v) is 15.3. The summed E-state index contributed by atoms with van der Waals surface area (Å²) in [6, 6.07) is 9.21. The van der Waals surface area contributed by atoms with E-state index in [9.17, 15) is 22.4 Å². The Morgan fingerprint density at radius 1 is 1.05 bits per heavy atom. The van der Waals surface area contributed by atoms with Crippen molar-refractivity contribution in [3.8, 4) is 11.3 Å². The molecule has 3 aromatic rings. The van der Waals surface area contributed by atoms with Crippen LogP contribution in [-0.2, 0) is 30.0 Å². The van der Waals surface area contributed by atoms with Crippen LogP contribution in [0, 0.1) is 5.82 Å². The molecule has 1 aromatic heterocycles. The molecule has 1 aliphatic rings. The molecule has 0 saturated heterocycles. The van der Waals surface area contributed by atoms with Gasteiger partial charge in [-0.25, -0.2) is 22.3 Å². The van der Waals surface area contributed by atoms with Gasteiger partial charge in [-0.1, -0.05) is 0 Å². The predicted octanol–water partition coefficient (Wildman–Crippen LogP) is 4.18. The van der Waals surface area contributed by atoms with Crippen LogP contribution in [0.5, 0.6) is 0 Å². The van der Waals surface area contributed by atoms with Crippen LogP contribution >= 0.6 is 0 Å². The molecule has 0 aliphatic heterocycles. The highest BCUT2D eigenvalue weighted by atomic mass is 32.2. The second-order valence-electron chi connectivity index (χ2n) is 9.99. The largest absolute Gasteiger partial charge is 0.480 e. The fraction of sp³-hybridized carbons (Fsp3) is 0.448. The number of unbranched alkanes of at least 4 members (excludes halogenated alkanes) is 2. The minimum atomic E-state index is -3.68. The smallest absolute Gasteiger partial charge is 0.329 e. The van der Waals surface area contributed by atoms with Crippen molar-refractivity contribution in [3.05, 3.63) is 58.9 Å². The van der Waals surface area contributed by atoms with E-state index in [0.29, 0.717) is 46.6 Å². The zero-order chi connectivity index (χ0) is 29.4. The van der Waals surface area contributed by atoms with Gasteiger partial charge >= 0.3 is 5.97 Å². The molecule has 1 saturated carbocycles. The number of halogens is 1. The van der Waals surface area contributed by atoms with Crippen LogP contribution in [0.25, 0.3) is 22.3 Å². The molecule has 1 heterocycles. The fourth-order valence-corrected chi connectivity index (χ4v) is 5.78. The quantitative estimate of drug-likeness (QED) is 0.199. The van der Waals surface area contributed by atoms with E-state index >= 15 is 0 Å². The van der Waals surface area contributed by atoms with Crippen LogP contribution in [0.3, 0.4) is 0 Å². The number of hydrogen-bond acceptors (Lipinski definition) is 7. The summed E-state index contributed by atoms with van der Waals surface area (Å²) in [6.07, 6.45) is 4.17. The first kappa shape index (κ1) is 30.6. The maximum absolute atomic E-state index is 13.5. The molecule has 12 heteroatoms. The number of nitrogens with one attached hydrogen (secondary N) is 2. The lowest BCUT2D eigenvalue weighted by molar-refractivity contribution is -0.142. The van der Waals surface area contributed by atoms with Crippen molar-refractivity contribution in [2.75, 3.05) is 40.0 Å². The maximum atomic E-state index is 13.5. The highest BCUT2D eigenvalue weighted by Gasteiger charge is 2.30. The van der Waals surface area contributed by atoms with Gasteiger partial charge in [0.05, 0.1) is 17.9 Å². The predicted molar refractivity (Wildman–Crippen MR) is 151 cm³/mol. The van der Waals surface area contributed by atoms with Crippen molar-refractivity contribution < 1.29 is 41.4 Å². The van der Waals surface area contributed by atoms with Crippen LogP contribution in [0.2, 0.25) is 0 Å². The van der Waals surface area contributed by atoms with E-state index in [1.807, 2.05) is 6.07 Å². The highest BCUT2D eigenvalue weighted by Crippen LogP contribution is 2.45. The zero-order valence-electron chi connectivity index (χ0n) is 22.9. The van der Waals surface area contributed by atoms with Crippen LogP contribution < -0.4 is 10.0 Å². The van der Waals surface area contributed by atoms with Crippen molar-refractivity contribution in [2.45, 2.75) is 43.8 Å². The molecular formula is C29H35FN2O8S. The van der Waals surface area contributed by atoms with Crippen molar-refractivity contribution in [1.29, 1.82) is 0 Å². The third kappa shape index (κ3) is 8.59. The van der Waals surface area contributed by atoms with Gasteiger partial charge in [-0.05, 0) is 85.5 Å². The molecule has 0 bridgehead atoms. The molecule has 1 amide bonds. The van der Waals surface area contributed by atoms with Crippen molar-refractivity contribution in [1.82, 2.24) is 10.0 Å². The van der Waals surface area contributed by atoms with E-state index in [4.69, 9.17) is 19.0 Å². The Hall–Kier alpha value is -3.32. The van der Waals surface area contributed by atoms with Crippen molar-refractivity contribution in [3.63, 3.8) is 0 Å². The normalized spacial score (nSPS) is 13.5. The summed E-state index contributed by atoms with van der Waals surface area (Å²) in [6.45, 7) is 0.882. The number of aliphatic carboxylic acids is 1. The number of rotatable bonds is 17. The molecule has 0 radical (unpaired) electrons. The molecule has 10 nitrogen and oxygen atoms in total. The van der Waals surface area contributed by atoms with Crippen LogP contribution in [-0.4, -0.2) is 65.4 Å². The Labute approximate surface area is 238 Å². The number of carbonyl (C=O) groups is 2. The first-order chi connectivity index (χ1) is 19.7. The fourth-order valence-electron chi connectivity index (χ4n) is 4.63. The molecular weight excluding hydrogens is 555 g/mol. The van der Waals surface area contributed by atoms with E-state index in [1.165, 1.54) is 31.3 Å². The summed E-state index contributed by atoms with van der Waals surface area (Å²) in [5, 5.41) is 11.7. The monoisotopic (exact) mass is 590 g/mol. The number of hydrogen-bond donors (Lipinski definition) is 3. The van der Waals surface area contributed by atoms with E-state index in [-0.39, 0.29) is 37.3 Å². The summed E-state index contributed by atoms with van der Waals surface area (Å²) >= 11 is 0. The minimum absolute atomic E-state index is 0.126. The molecule has 222 valence electrons. The first-order valence-electron chi connectivity index (χ1n) is 13.6. The minimum Gasteiger partial charge on any atom is -0.480 e. The van der Waals surface area contributed by atoms with Gasteiger partial charge in [0.2, 0.25) is 10.0 Å². The summed E-state index contributed by atoms with van der Waals surface area (Å²) in [5.41, 5.74) is 2.74. The molecule has 1 aliphatic carbocycles. The topological polar surface area (TPSA) is 144 Å². The van der Waals surface area contributed by atoms with Crippen LogP contribution in [0.4, 0.5) is 4.39 Å². The summed E-state index contributed by atoms with van der Waals surface area (Å²) in [4.78, 5) is 23.3. The number of ether oxygens (including phenoxy) is 2. The van der Waals surface area contributed by atoms with Gasteiger partial charge in [-0.3, -0.25) is 4.79 Å². The average molecular weight is 591 g/mol. The molecule has 4 rings (SSSR count). The third-order valence-corrected chi connectivity index (χ3v) is 8.08. The lowest BCUT2D eigenvalue weighted by Gasteiger charge is -2.12. The van der Waals surface area contributed by atoms with E-state index < -0.39 is 21.8 Å². The van der Waals surface area contributed by atoms with Crippen molar-refractivity contribution >= 4 is 32.9 Å². The Balaban J connectivity index is 1.39. The number of amides is 1. The number of furan rings is 1. The number of carbonyl (C=O) groups excluding carboxylic acids is 1. The highest BCUT2D eigenvalue weighted by molar-refractivity contribution is 7.88. The van der Waals surface area contributed by atoms with Gasteiger partial charge in [0.1, 0.15) is 23.8 Å². The van der Waals surface area contributed by atoms with Gasteiger partial charge < -0.3 is 24.3 Å². The maximum Gasteiger partial charge on any atom is 0.329 e. The van der Waals surface area contributed by atoms with Gasteiger partial charge in [0.15, 0.2) is 0 Å². The lowest BCUT2D eigenvalue weighted by Crippen LogP contribution is -2.29. The summed E-state index contributed by atoms with van der Waals surface area (Å²) in [5.74, 6) is -1.49. The van der Waals surface area contributed by atoms with Gasteiger partial charge in [0, 0.05) is 37.8 Å².